The maximum Gasteiger partial charge on any atom is 0.238 e. The predicted octanol–water partition coefficient (Wildman–Crippen LogP) is 2.01. The quantitative estimate of drug-likeness (QED) is 0.894. The first kappa shape index (κ1) is 15.3. The van der Waals surface area contributed by atoms with Gasteiger partial charge in [-0.3, -0.25) is 0 Å². The molecule has 0 aromatic heterocycles. The molecule has 1 heterocycles. The van der Waals surface area contributed by atoms with E-state index in [4.69, 9.17) is 9.88 Å². The van der Waals surface area contributed by atoms with Gasteiger partial charge in [0.25, 0.3) is 0 Å². The number of hydrogen-bond donors (Lipinski definition) is 2. The zero-order valence-electron chi connectivity index (χ0n) is 12.1. The van der Waals surface area contributed by atoms with Gasteiger partial charge in [-0.1, -0.05) is 6.07 Å². The van der Waals surface area contributed by atoms with Gasteiger partial charge in [-0.25, -0.2) is 13.6 Å². The summed E-state index contributed by atoms with van der Waals surface area (Å²) in [5.74, 6) is 0. The Morgan fingerprint density at radius 2 is 2.10 bits per heavy atom. The topological polar surface area (TPSA) is 81.4 Å². The van der Waals surface area contributed by atoms with Crippen molar-refractivity contribution in [3.63, 3.8) is 0 Å². The fourth-order valence-corrected chi connectivity index (χ4v) is 3.05. The average Bonchev–Trinajstić information content (AvgIpc) is 2.29. The average molecular weight is 298 g/mol. The van der Waals surface area contributed by atoms with Crippen molar-refractivity contribution in [3.05, 3.63) is 23.8 Å². The van der Waals surface area contributed by atoms with Crippen LogP contribution < -0.4 is 10.5 Å². The van der Waals surface area contributed by atoms with Crippen LogP contribution in [-0.4, -0.2) is 26.7 Å². The predicted molar refractivity (Wildman–Crippen MR) is 79.2 cm³/mol. The van der Waals surface area contributed by atoms with Crippen LogP contribution in [-0.2, 0) is 14.8 Å². The first-order valence-corrected chi connectivity index (χ1v) is 8.26. The summed E-state index contributed by atoms with van der Waals surface area (Å²) >= 11 is 0. The summed E-state index contributed by atoms with van der Waals surface area (Å²) in [6.45, 7) is 6.78. The summed E-state index contributed by atoms with van der Waals surface area (Å²) in [5.41, 5.74) is 1.67. The van der Waals surface area contributed by atoms with Gasteiger partial charge in [-0.05, 0) is 51.3 Å². The summed E-state index contributed by atoms with van der Waals surface area (Å²) in [4.78, 5) is 0.136. The molecule has 1 unspecified atom stereocenters. The molecule has 20 heavy (non-hydrogen) atoms. The Balaban J connectivity index is 2.21. The Bertz CT molecular complexity index is 596. The van der Waals surface area contributed by atoms with Crippen molar-refractivity contribution >= 4 is 15.7 Å². The molecule has 2 rings (SSSR count). The maximum absolute atomic E-state index is 11.4. The van der Waals surface area contributed by atoms with Crippen molar-refractivity contribution in [2.24, 2.45) is 5.14 Å². The van der Waals surface area contributed by atoms with Crippen LogP contribution in [0.3, 0.4) is 0 Å². The van der Waals surface area contributed by atoms with Crippen LogP contribution in [0.5, 0.6) is 0 Å². The number of primary sulfonamides is 1. The second kappa shape index (κ2) is 5.35. The molecule has 1 aromatic carbocycles. The lowest BCUT2D eigenvalue weighted by molar-refractivity contribution is -0.0553. The van der Waals surface area contributed by atoms with Crippen molar-refractivity contribution in [1.82, 2.24) is 0 Å². The highest BCUT2D eigenvalue weighted by Crippen LogP contribution is 2.28. The van der Waals surface area contributed by atoms with Gasteiger partial charge >= 0.3 is 0 Å². The van der Waals surface area contributed by atoms with E-state index in [0.29, 0.717) is 6.61 Å². The minimum absolute atomic E-state index is 0.136. The molecule has 3 N–H and O–H groups in total. The molecular formula is C14H22N2O3S. The maximum atomic E-state index is 11.4. The minimum Gasteiger partial charge on any atom is -0.382 e. The van der Waals surface area contributed by atoms with Crippen LogP contribution in [0.1, 0.15) is 32.3 Å². The zero-order chi connectivity index (χ0) is 15.0. The smallest absolute Gasteiger partial charge is 0.238 e. The summed E-state index contributed by atoms with van der Waals surface area (Å²) in [6, 6.07) is 5.18. The summed E-state index contributed by atoms with van der Waals surface area (Å²) in [6.07, 6.45) is 1.79. The summed E-state index contributed by atoms with van der Waals surface area (Å²) in [5, 5.41) is 8.59. The number of rotatable bonds is 3. The fraction of sp³-hybridized carbons (Fsp3) is 0.571. The lowest BCUT2D eigenvalue weighted by Gasteiger charge is -2.36. The van der Waals surface area contributed by atoms with Crippen molar-refractivity contribution < 1.29 is 13.2 Å². The van der Waals surface area contributed by atoms with Gasteiger partial charge in [0.05, 0.1) is 10.5 Å². The van der Waals surface area contributed by atoms with Gasteiger partial charge < -0.3 is 10.1 Å². The van der Waals surface area contributed by atoms with Crippen molar-refractivity contribution in [1.29, 1.82) is 0 Å². The zero-order valence-corrected chi connectivity index (χ0v) is 13.0. The second-order valence-corrected chi connectivity index (χ2v) is 7.53. The number of nitrogens with two attached hydrogens (primary N) is 1. The fourth-order valence-electron chi connectivity index (χ4n) is 2.51. The molecule has 5 nitrogen and oxygen atoms in total. The Hall–Kier alpha value is -1.11. The number of benzene rings is 1. The molecule has 0 bridgehead atoms. The number of nitrogens with one attached hydrogen (secondary N) is 1. The molecule has 0 amide bonds. The third-order valence-corrected chi connectivity index (χ3v) is 4.51. The first-order chi connectivity index (χ1) is 9.17. The van der Waals surface area contributed by atoms with E-state index in [0.717, 1.165) is 24.1 Å². The lowest BCUT2D eigenvalue weighted by atomic mass is 9.93. The lowest BCUT2D eigenvalue weighted by Crippen LogP contribution is -2.40. The monoisotopic (exact) mass is 298 g/mol. The normalized spacial score (nSPS) is 22.5. The van der Waals surface area contributed by atoms with Crippen molar-refractivity contribution in [3.8, 4) is 0 Å². The molecular weight excluding hydrogens is 276 g/mol. The molecule has 0 aliphatic carbocycles. The number of hydrogen-bond acceptors (Lipinski definition) is 4. The van der Waals surface area contributed by atoms with E-state index in [1.165, 1.54) is 6.07 Å². The Labute approximate surface area is 120 Å². The van der Waals surface area contributed by atoms with Gasteiger partial charge in [0.1, 0.15) is 0 Å². The van der Waals surface area contributed by atoms with Gasteiger partial charge in [0.15, 0.2) is 0 Å². The van der Waals surface area contributed by atoms with E-state index in [2.05, 4.69) is 19.2 Å². The van der Waals surface area contributed by atoms with Crippen LogP contribution in [0.2, 0.25) is 0 Å². The molecule has 112 valence electrons. The highest BCUT2D eigenvalue weighted by atomic mass is 32.2. The van der Waals surface area contributed by atoms with E-state index >= 15 is 0 Å². The number of aryl methyl sites for hydroxylation is 1. The SMILES string of the molecule is Cc1ccc(S(N)(=O)=O)cc1NC1CCOC(C)(C)C1. The van der Waals surface area contributed by atoms with Gasteiger partial charge in [0, 0.05) is 18.3 Å². The molecule has 1 saturated heterocycles. The van der Waals surface area contributed by atoms with Crippen LogP contribution in [0.4, 0.5) is 5.69 Å². The second-order valence-electron chi connectivity index (χ2n) is 5.96. The standard InChI is InChI=1S/C14H22N2O3S/c1-10-4-5-12(20(15,17)18)8-13(10)16-11-6-7-19-14(2,3)9-11/h4-5,8,11,16H,6-7,9H2,1-3H3,(H2,15,17,18). The number of ether oxygens (including phenoxy) is 1. The molecule has 0 spiro atoms. The Kier molecular flexibility index (Phi) is 4.09. The van der Waals surface area contributed by atoms with Gasteiger partial charge in [-0.2, -0.15) is 0 Å². The highest BCUT2D eigenvalue weighted by molar-refractivity contribution is 7.89. The Morgan fingerprint density at radius 3 is 2.70 bits per heavy atom. The van der Waals surface area contributed by atoms with E-state index in [1.807, 2.05) is 6.92 Å². The molecule has 1 aliphatic heterocycles. The van der Waals surface area contributed by atoms with Gasteiger partial charge in [-0.15, -0.1) is 0 Å². The number of sulfonamides is 1. The molecule has 1 fully saturated rings. The van der Waals surface area contributed by atoms with Crippen LogP contribution in [0.15, 0.2) is 23.1 Å². The van der Waals surface area contributed by atoms with Gasteiger partial charge in [0.2, 0.25) is 10.0 Å². The van der Waals surface area contributed by atoms with Crippen molar-refractivity contribution in [2.45, 2.75) is 50.2 Å². The van der Waals surface area contributed by atoms with E-state index in [1.54, 1.807) is 12.1 Å². The highest BCUT2D eigenvalue weighted by Gasteiger charge is 2.29. The van der Waals surface area contributed by atoms with E-state index < -0.39 is 10.0 Å². The summed E-state index contributed by atoms with van der Waals surface area (Å²) in [7, 11) is -3.67. The third kappa shape index (κ3) is 3.71. The molecule has 1 aromatic rings. The molecule has 1 aliphatic rings. The molecule has 0 radical (unpaired) electrons. The Morgan fingerprint density at radius 1 is 1.40 bits per heavy atom. The largest absolute Gasteiger partial charge is 0.382 e. The summed E-state index contributed by atoms with van der Waals surface area (Å²) < 4.78 is 28.5. The van der Waals surface area contributed by atoms with Crippen LogP contribution in [0, 0.1) is 6.92 Å². The molecule has 0 saturated carbocycles. The first-order valence-electron chi connectivity index (χ1n) is 6.71. The third-order valence-electron chi connectivity index (χ3n) is 3.59. The van der Waals surface area contributed by atoms with Crippen LogP contribution in [0.25, 0.3) is 0 Å². The van der Waals surface area contributed by atoms with E-state index in [9.17, 15) is 8.42 Å². The minimum atomic E-state index is -3.67. The van der Waals surface area contributed by atoms with Crippen LogP contribution >= 0.6 is 0 Å². The molecule has 6 heteroatoms. The van der Waals surface area contributed by atoms with Crippen molar-refractivity contribution in [2.75, 3.05) is 11.9 Å². The molecule has 1 atom stereocenters. The van der Waals surface area contributed by atoms with E-state index in [-0.39, 0.29) is 16.5 Å². The number of anilines is 1.